The van der Waals surface area contributed by atoms with E-state index in [0.717, 1.165) is 12.1 Å². The van der Waals surface area contributed by atoms with Crippen molar-refractivity contribution >= 4 is 21.7 Å². The van der Waals surface area contributed by atoms with Gasteiger partial charge >= 0.3 is 5.97 Å². The summed E-state index contributed by atoms with van der Waals surface area (Å²) in [6, 6.07) is 10.2. The van der Waals surface area contributed by atoms with E-state index in [0.29, 0.717) is 5.56 Å². The number of rotatable bonds is 4. The zero-order chi connectivity index (χ0) is 15.5. The van der Waals surface area contributed by atoms with Gasteiger partial charge in [0.1, 0.15) is 5.82 Å². The van der Waals surface area contributed by atoms with Crippen molar-refractivity contribution in [1.29, 1.82) is 0 Å². The van der Waals surface area contributed by atoms with Gasteiger partial charge in [-0.25, -0.2) is 17.6 Å². The quantitative estimate of drug-likeness (QED) is 0.880. The van der Waals surface area contributed by atoms with Gasteiger partial charge in [0.05, 0.1) is 17.6 Å². The number of ether oxygens (including phenoxy) is 1. The van der Waals surface area contributed by atoms with Gasteiger partial charge in [-0.05, 0) is 48.5 Å². The fraction of sp³-hybridized carbons (Fsp3) is 0.0714. The number of carbonyl (C=O) groups is 1. The number of methoxy groups -OCH3 is 1. The van der Waals surface area contributed by atoms with Gasteiger partial charge < -0.3 is 4.74 Å². The number of benzene rings is 2. The molecular weight excluding hydrogens is 297 g/mol. The summed E-state index contributed by atoms with van der Waals surface area (Å²) in [5.41, 5.74) is 0.592. The third-order valence-electron chi connectivity index (χ3n) is 2.68. The summed E-state index contributed by atoms with van der Waals surface area (Å²) in [4.78, 5) is 11.2. The van der Waals surface area contributed by atoms with Gasteiger partial charge in [0.2, 0.25) is 0 Å². The average molecular weight is 309 g/mol. The second-order valence-electron chi connectivity index (χ2n) is 4.13. The number of hydrogen-bond donors (Lipinski definition) is 1. The predicted molar refractivity (Wildman–Crippen MR) is 75.0 cm³/mol. The molecule has 0 heterocycles. The van der Waals surface area contributed by atoms with Gasteiger partial charge in [0, 0.05) is 5.69 Å². The van der Waals surface area contributed by atoms with Crippen LogP contribution in [0.5, 0.6) is 0 Å². The molecule has 0 amide bonds. The average Bonchev–Trinajstić information content (AvgIpc) is 2.47. The Kier molecular flexibility index (Phi) is 4.23. The molecule has 0 aliphatic rings. The number of hydrogen-bond acceptors (Lipinski definition) is 4. The molecule has 2 rings (SSSR count). The maximum Gasteiger partial charge on any atom is 0.337 e. The summed E-state index contributed by atoms with van der Waals surface area (Å²) in [6.45, 7) is 0. The lowest BCUT2D eigenvalue weighted by Crippen LogP contribution is -2.13. The summed E-state index contributed by atoms with van der Waals surface area (Å²) < 4.78 is 43.8. The van der Waals surface area contributed by atoms with E-state index in [1.165, 1.54) is 43.5 Å². The minimum absolute atomic E-state index is 0.0547. The molecule has 1 N–H and O–H groups in total. The molecule has 0 saturated heterocycles. The summed E-state index contributed by atoms with van der Waals surface area (Å²) in [5, 5.41) is 0. The van der Waals surface area contributed by atoms with E-state index < -0.39 is 21.8 Å². The second-order valence-corrected chi connectivity index (χ2v) is 5.81. The number of sulfonamides is 1. The minimum atomic E-state index is -3.80. The zero-order valence-electron chi connectivity index (χ0n) is 11.0. The Morgan fingerprint density at radius 3 is 2.14 bits per heavy atom. The minimum Gasteiger partial charge on any atom is -0.465 e. The van der Waals surface area contributed by atoms with Gasteiger partial charge in [-0.15, -0.1) is 0 Å². The largest absolute Gasteiger partial charge is 0.465 e. The fourth-order valence-corrected chi connectivity index (χ4v) is 2.68. The molecule has 0 saturated carbocycles. The molecule has 0 unspecified atom stereocenters. The first-order valence-electron chi connectivity index (χ1n) is 5.89. The van der Waals surface area contributed by atoms with Gasteiger partial charge in [-0.2, -0.15) is 0 Å². The van der Waals surface area contributed by atoms with Crippen LogP contribution in [0.4, 0.5) is 10.1 Å². The van der Waals surface area contributed by atoms with Crippen molar-refractivity contribution in [1.82, 2.24) is 0 Å². The lowest BCUT2D eigenvalue weighted by Gasteiger charge is -2.08. The molecule has 5 nitrogen and oxygen atoms in total. The Bertz CT molecular complexity index is 740. The van der Waals surface area contributed by atoms with Crippen molar-refractivity contribution in [2.45, 2.75) is 4.90 Å². The van der Waals surface area contributed by atoms with Crippen LogP contribution in [0.15, 0.2) is 53.4 Å². The maximum atomic E-state index is 12.8. The lowest BCUT2D eigenvalue weighted by molar-refractivity contribution is 0.0601. The van der Waals surface area contributed by atoms with Crippen molar-refractivity contribution < 1.29 is 22.3 Å². The highest BCUT2D eigenvalue weighted by Gasteiger charge is 2.14. The number of anilines is 1. The monoisotopic (exact) mass is 309 g/mol. The molecule has 0 fully saturated rings. The molecule has 7 heteroatoms. The van der Waals surface area contributed by atoms with Crippen LogP contribution in [-0.4, -0.2) is 21.5 Å². The maximum absolute atomic E-state index is 12.8. The highest BCUT2D eigenvalue weighted by Crippen LogP contribution is 2.17. The Morgan fingerprint density at radius 1 is 1.05 bits per heavy atom. The van der Waals surface area contributed by atoms with Crippen LogP contribution in [-0.2, 0) is 14.8 Å². The molecule has 2 aromatic rings. The third-order valence-corrected chi connectivity index (χ3v) is 4.08. The fourth-order valence-electron chi connectivity index (χ4n) is 1.62. The van der Waals surface area contributed by atoms with Crippen LogP contribution < -0.4 is 4.72 Å². The molecule has 0 aromatic heterocycles. The topological polar surface area (TPSA) is 72.5 Å². The molecule has 0 radical (unpaired) electrons. The van der Waals surface area contributed by atoms with Gasteiger partial charge in [-0.1, -0.05) is 0 Å². The molecule has 0 bridgehead atoms. The van der Waals surface area contributed by atoms with Crippen LogP contribution in [0, 0.1) is 5.82 Å². The number of carbonyl (C=O) groups excluding carboxylic acids is 1. The van der Waals surface area contributed by atoms with Crippen LogP contribution in [0.3, 0.4) is 0 Å². The van der Waals surface area contributed by atoms with Crippen molar-refractivity contribution in [3.63, 3.8) is 0 Å². The highest BCUT2D eigenvalue weighted by molar-refractivity contribution is 7.92. The molecule has 0 aliphatic carbocycles. The number of nitrogens with one attached hydrogen (secondary N) is 1. The van der Waals surface area contributed by atoms with Gasteiger partial charge in [0.25, 0.3) is 10.0 Å². The smallest absolute Gasteiger partial charge is 0.337 e. The van der Waals surface area contributed by atoms with Crippen molar-refractivity contribution in [3.05, 3.63) is 59.9 Å². The molecular formula is C14H12FNO4S. The normalized spacial score (nSPS) is 11.0. The molecule has 0 atom stereocenters. The Hall–Kier alpha value is -2.41. The molecule has 2 aromatic carbocycles. The molecule has 0 aliphatic heterocycles. The molecule has 110 valence electrons. The first kappa shape index (κ1) is 15.0. The standard InChI is InChI=1S/C14H12FNO4S/c1-20-14(17)10-2-6-12(7-3-10)16-21(18,19)13-8-4-11(15)5-9-13/h2-9,16H,1H3. The second kappa shape index (κ2) is 5.92. The molecule has 0 spiro atoms. The van der Waals surface area contributed by atoms with E-state index in [4.69, 9.17) is 0 Å². The lowest BCUT2D eigenvalue weighted by atomic mass is 10.2. The van der Waals surface area contributed by atoms with Crippen molar-refractivity contribution in [2.75, 3.05) is 11.8 Å². The van der Waals surface area contributed by atoms with E-state index in [2.05, 4.69) is 9.46 Å². The summed E-state index contributed by atoms with van der Waals surface area (Å²) in [6.07, 6.45) is 0. The van der Waals surface area contributed by atoms with Crippen molar-refractivity contribution in [3.8, 4) is 0 Å². The SMILES string of the molecule is COC(=O)c1ccc(NS(=O)(=O)c2ccc(F)cc2)cc1. The van der Waals surface area contributed by atoms with E-state index >= 15 is 0 Å². The first-order chi connectivity index (χ1) is 9.92. The van der Waals surface area contributed by atoms with E-state index in [1.54, 1.807) is 0 Å². The van der Waals surface area contributed by atoms with Crippen LogP contribution >= 0.6 is 0 Å². The Balaban J connectivity index is 2.20. The summed E-state index contributed by atoms with van der Waals surface area (Å²) in [5.74, 6) is -1.03. The third kappa shape index (κ3) is 3.57. The van der Waals surface area contributed by atoms with E-state index in [1.807, 2.05) is 0 Å². The summed E-state index contributed by atoms with van der Waals surface area (Å²) in [7, 11) is -2.54. The molecule has 21 heavy (non-hydrogen) atoms. The van der Waals surface area contributed by atoms with Crippen LogP contribution in [0.1, 0.15) is 10.4 Å². The van der Waals surface area contributed by atoms with Crippen LogP contribution in [0.25, 0.3) is 0 Å². The van der Waals surface area contributed by atoms with Gasteiger partial charge in [0.15, 0.2) is 0 Å². The summed E-state index contributed by atoms with van der Waals surface area (Å²) >= 11 is 0. The Morgan fingerprint density at radius 2 is 1.62 bits per heavy atom. The zero-order valence-corrected chi connectivity index (χ0v) is 11.9. The Labute approximate surface area is 121 Å². The highest BCUT2D eigenvalue weighted by atomic mass is 32.2. The van der Waals surface area contributed by atoms with Gasteiger partial charge in [-0.3, -0.25) is 4.72 Å². The van der Waals surface area contributed by atoms with E-state index in [9.17, 15) is 17.6 Å². The van der Waals surface area contributed by atoms with Crippen LogP contribution in [0.2, 0.25) is 0 Å². The predicted octanol–water partition coefficient (Wildman–Crippen LogP) is 2.41. The number of halogens is 1. The van der Waals surface area contributed by atoms with Crippen molar-refractivity contribution in [2.24, 2.45) is 0 Å². The van der Waals surface area contributed by atoms with E-state index in [-0.39, 0.29) is 10.6 Å². The first-order valence-corrected chi connectivity index (χ1v) is 7.37. The number of esters is 1.